The number of piperidine rings is 1. The molecule has 2 aliphatic heterocycles. The molecule has 1 aromatic carbocycles. The lowest BCUT2D eigenvalue weighted by Gasteiger charge is -2.31. The van der Waals surface area contributed by atoms with E-state index >= 15 is 0 Å². The Labute approximate surface area is 140 Å². The maximum absolute atomic E-state index is 12.2. The van der Waals surface area contributed by atoms with Gasteiger partial charge in [0.25, 0.3) is 0 Å². The molecule has 0 atom stereocenters. The van der Waals surface area contributed by atoms with Gasteiger partial charge in [0.15, 0.2) is 5.17 Å². The van der Waals surface area contributed by atoms with Gasteiger partial charge in [0.2, 0.25) is 0 Å². The van der Waals surface area contributed by atoms with Crippen LogP contribution in [0.15, 0.2) is 35.3 Å². The maximum atomic E-state index is 12.2. The van der Waals surface area contributed by atoms with Gasteiger partial charge in [0, 0.05) is 18.8 Å². The standard InChI is InChI=1S/C17H21N3O2S/c21-15(19-17-18-8-11-23-17)16(22)20-9-6-14(7-10-20)12-13-4-2-1-3-5-13/h1-5,14H,6-12H2,(H,18,19,21). The zero-order valence-corrected chi connectivity index (χ0v) is 13.8. The minimum Gasteiger partial charge on any atom is -0.334 e. The van der Waals surface area contributed by atoms with Crippen molar-refractivity contribution in [2.75, 3.05) is 25.4 Å². The Morgan fingerprint density at radius 3 is 2.61 bits per heavy atom. The number of nitrogens with one attached hydrogen (secondary N) is 1. The first-order valence-electron chi connectivity index (χ1n) is 8.04. The average Bonchev–Trinajstić information content (AvgIpc) is 3.09. The topological polar surface area (TPSA) is 61.8 Å². The first kappa shape index (κ1) is 16.1. The van der Waals surface area contributed by atoms with Gasteiger partial charge in [-0.3, -0.25) is 19.9 Å². The van der Waals surface area contributed by atoms with E-state index in [4.69, 9.17) is 0 Å². The molecule has 3 rings (SSSR count). The van der Waals surface area contributed by atoms with Crippen LogP contribution in [0.1, 0.15) is 18.4 Å². The van der Waals surface area contributed by atoms with Crippen molar-refractivity contribution in [3.63, 3.8) is 0 Å². The second-order valence-electron chi connectivity index (χ2n) is 5.91. The van der Waals surface area contributed by atoms with E-state index in [-0.39, 0.29) is 0 Å². The van der Waals surface area contributed by atoms with Gasteiger partial charge in [-0.05, 0) is 30.7 Å². The van der Waals surface area contributed by atoms with Crippen molar-refractivity contribution >= 4 is 28.7 Å². The summed E-state index contributed by atoms with van der Waals surface area (Å²) in [4.78, 5) is 30.0. The molecule has 0 aromatic heterocycles. The van der Waals surface area contributed by atoms with Crippen LogP contribution in [0.3, 0.4) is 0 Å². The van der Waals surface area contributed by atoms with Crippen molar-refractivity contribution in [3.8, 4) is 0 Å². The monoisotopic (exact) mass is 331 g/mol. The summed E-state index contributed by atoms with van der Waals surface area (Å²) in [5.74, 6) is 0.464. The molecule has 2 amide bonds. The van der Waals surface area contributed by atoms with Crippen LogP contribution in [0.2, 0.25) is 0 Å². The molecule has 1 saturated heterocycles. The molecule has 23 heavy (non-hydrogen) atoms. The lowest BCUT2D eigenvalue weighted by molar-refractivity contribution is -0.146. The summed E-state index contributed by atoms with van der Waals surface area (Å²) >= 11 is 1.48. The van der Waals surface area contributed by atoms with Gasteiger partial charge < -0.3 is 4.90 Å². The molecule has 0 radical (unpaired) electrons. The summed E-state index contributed by atoms with van der Waals surface area (Å²) in [7, 11) is 0. The first-order valence-corrected chi connectivity index (χ1v) is 9.02. The molecular formula is C17H21N3O2S. The normalized spacial score (nSPS) is 18.6. The largest absolute Gasteiger partial charge is 0.334 e. The molecule has 1 fully saturated rings. The maximum Gasteiger partial charge on any atom is 0.315 e. The Morgan fingerprint density at radius 1 is 1.22 bits per heavy atom. The highest BCUT2D eigenvalue weighted by Crippen LogP contribution is 2.21. The van der Waals surface area contributed by atoms with E-state index in [1.165, 1.54) is 17.3 Å². The summed E-state index contributed by atoms with van der Waals surface area (Å²) in [6, 6.07) is 10.4. The van der Waals surface area contributed by atoms with Crippen molar-refractivity contribution in [3.05, 3.63) is 35.9 Å². The molecule has 0 unspecified atom stereocenters. The van der Waals surface area contributed by atoms with Gasteiger partial charge in [0.05, 0.1) is 6.54 Å². The van der Waals surface area contributed by atoms with Gasteiger partial charge in [0.1, 0.15) is 0 Å². The highest BCUT2D eigenvalue weighted by atomic mass is 32.2. The SMILES string of the molecule is O=C(NC1=NCCS1)C(=O)N1CCC(Cc2ccccc2)CC1. The van der Waals surface area contributed by atoms with Crippen molar-refractivity contribution in [2.45, 2.75) is 19.3 Å². The molecule has 0 aliphatic carbocycles. The first-order chi connectivity index (χ1) is 11.2. The number of carbonyl (C=O) groups is 2. The fraction of sp³-hybridized carbons (Fsp3) is 0.471. The number of rotatable bonds is 2. The van der Waals surface area contributed by atoms with Crippen molar-refractivity contribution in [1.82, 2.24) is 10.2 Å². The molecule has 5 nitrogen and oxygen atoms in total. The van der Waals surface area contributed by atoms with Gasteiger partial charge >= 0.3 is 11.8 Å². The van der Waals surface area contributed by atoms with E-state index in [0.717, 1.165) is 25.0 Å². The number of aliphatic imine (C=N–C) groups is 1. The highest BCUT2D eigenvalue weighted by molar-refractivity contribution is 8.14. The third-order valence-corrected chi connectivity index (χ3v) is 5.16. The van der Waals surface area contributed by atoms with E-state index in [1.807, 2.05) is 6.07 Å². The summed E-state index contributed by atoms with van der Waals surface area (Å²) in [6.07, 6.45) is 2.94. The third-order valence-electron chi connectivity index (χ3n) is 4.27. The number of carbonyl (C=O) groups excluding carboxylic acids is 2. The summed E-state index contributed by atoms with van der Waals surface area (Å²) in [5.41, 5.74) is 1.34. The number of amidine groups is 1. The smallest absolute Gasteiger partial charge is 0.315 e. The number of hydrogen-bond acceptors (Lipinski definition) is 4. The molecule has 122 valence electrons. The molecule has 6 heteroatoms. The minimum absolute atomic E-state index is 0.432. The van der Waals surface area contributed by atoms with Crippen molar-refractivity contribution < 1.29 is 9.59 Å². The molecule has 2 heterocycles. The van der Waals surface area contributed by atoms with Crippen LogP contribution in [0.5, 0.6) is 0 Å². The van der Waals surface area contributed by atoms with Crippen LogP contribution in [0.4, 0.5) is 0 Å². The zero-order valence-electron chi connectivity index (χ0n) is 13.0. The summed E-state index contributed by atoms with van der Waals surface area (Å²) in [6.45, 7) is 2.02. The Morgan fingerprint density at radius 2 is 1.96 bits per heavy atom. The fourth-order valence-electron chi connectivity index (χ4n) is 2.99. The second kappa shape index (κ2) is 7.64. The molecule has 0 saturated carbocycles. The number of hydrogen-bond donors (Lipinski definition) is 1. The van der Waals surface area contributed by atoms with E-state index in [2.05, 4.69) is 34.6 Å². The van der Waals surface area contributed by atoms with Gasteiger partial charge in [-0.25, -0.2) is 0 Å². The van der Waals surface area contributed by atoms with Crippen LogP contribution in [-0.4, -0.2) is 47.3 Å². The van der Waals surface area contributed by atoms with E-state index in [0.29, 0.717) is 30.7 Å². The number of nitrogens with zero attached hydrogens (tertiary/aromatic N) is 2. The third kappa shape index (κ3) is 4.34. The van der Waals surface area contributed by atoms with E-state index < -0.39 is 11.8 Å². The van der Waals surface area contributed by atoms with Gasteiger partial charge in [-0.2, -0.15) is 0 Å². The lowest BCUT2D eigenvalue weighted by atomic mass is 9.90. The Hall–Kier alpha value is -1.82. The minimum atomic E-state index is -0.556. The Balaban J connectivity index is 1.46. The summed E-state index contributed by atoms with van der Waals surface area (Å²) < 4.78 is 0. The van der Waals surface area contributed by atoms with Crippen LogP contribution in [0, 0.1) is 5.92 Å². The van der Waals surface area contributed by atoms with Crippen LogP contribution >= 0.6 is 11.8 Å². The van der Waals surface area contributed by atoms with Crippen molar-refractivity contribution in [1.29, 1.82) is 0 Å². The predicted molar refractivity (Wildman–Crippen MR) is 92.4 cm³/mol. The predicted octanol–water partition coefficient (Wildman–Crippen LogP) is 1.69. The van der Waals surface area contributed by atoms with E-state index in [1.54, 1.807) is 4.90 Å². The van der Waals surface area contributed by atoms with Crippen molar-refractivity contribution in [2.24, 2.45) is 10.9 Å². The molecule has 0 spiro atoms. The molecule has 2 aliphatic rings. The van der Waals surface area contributed by atoms with Gasteiger partial charge in [-0.1, -0.05) is 42.1 Å². The number of likely N-dealkylation sites (tertiary alicyclic amines) is 1. The molecule has 1 aromatic rings. The highest BCUT2D eigenvalue weighted by Gasteiger charge is 2.28. The quantitative estimate of drug-likeness (QED) is 0.839. The second-order valence-corrected chi connectivity index (χ2v) is 7.00. The average molecular weight is 331 g/mol. The number of thioether (sulfide) groups is 1. The summed E-state index contributed by atoms with van der Waals surface area (Å²) in [5, 5.41) is 3.18. The van der Waals surface area contributed by atoms with Crippen LogP contribution < -0.4 is 5.32 Å². The molecule has 0 bridgehead atoms. The Kier molecular flexibility index (Phi) is 5.33. The fourth-order valence-corrected chi connectivity index (χ4v) is 3.72. The number of amides is 2. The van der Waals surface area contributed by atoms with Crippen LogP contribution in [-0.2, 0) is 16.0 Å². The zero-order chi connectivity index (χ0) is 16.1. The van der Waals surface area contributed by atoms with Gasteiger partial charge in [-0.15, -0.1) is 0 Å². The molecule has 1 N–H and O–H groups in total. The Bertz CT molecular complexity index is 595. The molecular weight excluding hydrogens is 310 g/mol. The lowest BCUT2D eigenvalue weighted by Crippen LogP contribution is -2.47. The van der Waals surface area contributed by atoms with E-state index in [9.17, 15) is 9.59 Å². The van der Waals surface area contributed by atoms with Crippen LogP contribution in [0.25, 0.3) is 0 Å². The number of benzene rings is 1.